The predicted molar refractivity (Wildman–Crippen MR) is 77.8 cm³/mol. The van der Waals surface area contributed by atoms with Gasteiger partial charge in [-0.1, -0.05) is 28.1 Å². The topological polar surface area (TPSA) is 75.1 Å². The molecule has 1 aromatic carbocycles. The molecule has 0 spiro atoms. The Morgan fingerprint density at radius 3 is 2.85 bits per heavy atom. The van der Waals surface area contributed by atoms with Gasteiger partial charge in [-0.25, -0.2) is 4.79 Å². The fourth-order valence-corrected chi connectivity index (χ4v) is 3.04. The second-order valence-corrected chi connectivity index (χ2v) is 5.51. The van der Waals surface area contributed by atoms with Gasteiger partial charge in [0.2, 0.25) is 0 Å². The predicted octanol–water partition coefficient (Wildman–Crippen LogP) is 3.04. The van der Waals surface area contributed by atoms with Crippen LogP contribution in [-0.4, -0.2) is 21.3 Å². The number of anilines is 1. The Balaban J connectivity index is 1.80. The maximum absolute atomic E-state index is 10.7. The lowest BCUT2D eigenvalue weighted by Crippen LogP contribution is -2.10. The van der Waals surface area contributed by atoms with Crippen LogP contribution in [-0.2, 0) is 6.42 Å². The second kappa shape index (κ2) is 5.20. The van der Waals surface area contributed by atoms with Gasteiger partial charge in [0.1, 0.15) is 5.82 Å². The molecule has 1 aliphatic carbocycles. The molecule has 1 aliphatic rings. The van der Waals surface area contributed by atoms with E-state index in [0.717, 1.165) is 17.3 Å². The van der Waals surface area contributed by atoms with Gasteiger partial charge in [-0.3, -0.25) is 0 Å². The second-order valence-electron chi connectivity index (χ2n) is 4.65. The van der Waals surface area contributed by atoms with Gasteiger partial charge in [-0.15, -0.1) is 10.2 Å². The first-order valence-electron chi connectivity index (χ1n) is 6.26. The molecule has 0 saturated carbocycles. The Morgan fingerprint density at radius 2 is 2.15 bits per heavy atom. The summed E-state index contributed by atoms with van der Waals surface area (Å²) in [6, 6.07) is 9.45. The average Bonchev–Trinajstić information content (AvgIpc) is 2.84. The summed E-state index contributed by atoms with van der Waals surface area (Å²) in [5, 5.41) is 19.7. The summed E-state index contributed by atoms with van der Waals surface area (Å²) in [6.45, 7) is 0. The molecule has 5 nitrogen and oxygen atoms in total. The van der Waals surface area contributed by atoms with E-state index in [9.17, 15) is 4.79 Å². The van der Waals surface area contributed by atoms with E-state index in [1.807, 2.05) is 12.1 Å². The highest BCUT2D eigenvalue weighted by Crippen LogP contribution is 2.37. The third kappa shape index (κ3) is 2.38. The Kier molecular flexibility index (Phi) is 3.40. The van der Waals surface area contributed by atoms with Crippen molar-refractivity contribution in [2.24, 2.45) is 0 Å². The third-order valence-corrected chi connectivity index (χ3v) is 4.16. The minimum atomic E-state index is -1.07. The molecule has 0 bridgehead atoms. The number of carboxylic acids is 1. The third-order valence-electron chi connectivity index (χ3n) is 3.42. The van der Waals surface area contributed by atoms with Gasteiger partial charge >= 0.3 is 5.97 Å². The first kappa shape index (κ1) is 13.1. The van der Waals surface area contributed by atoms with Gasteiger partial charge in [-0.05, 0) is 42.2 Å². The van der Waals surface area contributed by atoms with Gasteiger partial charge in [0, 0.05) is 4.47 Å². The zero-order chi connectivity index (χ0) is 14.1. The van der Waals surface area contributed by atoms with E-state index in [4.69, 9.17) is 5.11 Å². The molecule has 2 aromatic rings. The van der Waals surface area contributed by atoms with E-state index in [2.05, 4.69) is 37.5 Å². The van der Waals surface area contributed by atoms with Crippen molar-refractivity contribution in [1.82, 2.24) is 10.2 Å². The van der Waals surface area contributed by atoms with Crippen molar-refractivity contribution < 1.29 is 9.90 Å². The van der Waals surface area contributed by atoms with E-state index >= 15 is 0 Å². The fourth-order valence-electron chi connectivity index (χ4n) is 2.46. The maximum atomic E-state index is 10.7. The number of fused-ring (bicyclic) bond motifs is 1. The van der Waals surface area contributed by atoms with Crippen LogP contribution in [0.15, 0.2) is 34.8 Å². The zero-order valence-electron chi connectivity index (χ0n) is 10.5. The van der Waals surface area contributed by atoms with Crippen molar-refractivity contribution in [3.05, 3.63) is 51.6 Å². The van der Waals surface area contributed by atoms with Gasteiger partial charge in [0.25, 0.3) is 0 Å². The lowest BCUT2D eigenvalue weighted by atomic mass is 10.1. The van der Waals surface area contributed by atoms with Crippen molar-refractivity contribution in [1.29, 1.82) is 0 Å². The average molecular weight is 334 g/mol. The number of carbonyl (C=O) groups is 1. The van der Waals surface area contributed by atoms with Crippen molar-refractivity contribution >= 4 is 27.7 Å². The quantitative estimate of drug-likeness (QED) is 0.902. The number of nitrogens with zero attached hydrogens (tertiary/aromatic N) is 2. The molecule has 1 heterocycles. The van der Waals surface area contributed by atoms with E-state index in [1.165, 1.54) is 17.2 Å². The minimum Gasteiger partial charge on any atom is -0.476 e. The largest absolute Gasteiger partial charge is 0.476 e. The summed E-state index contributed by atoms with van der Waals surface area (Å²) in [4.78, 5) is 10.7. The Morgan fingerprint density at radius 1 is 1.30 bits per heavy atom. The fraction of sp³-hybridized carbons (Fsp3) is 0.214. The number of carboxylic acid groups (broad SMARTS) is 1. The smallest absolute Gasteiger partial charge is 0.356 e. The van der Waals surface area contributed by atoms with Crippen LogP contribution in [0.2, 0.25) is 0 Å². The van der Waals surface area contributed by atoms with Crippen LogP contribution in [0.1, 0.15) is 34.1 Å². The van der Waals surface area contributed by atoms with E-state index < -0.39 is 5.97 Å². The van der Waals surface area contributed by atoms with Crippen molar-refractivity contribution in [3.8, 4) is 0 Å². The van der Waals surface area contributed by atoms with Crippen LogP contribution in [0.3, 0.4) is 0 Å². The number of nitrogens with one attached hydrogen (secondary N) is 1. The first-order chi connectivity index (χ1) is 9.65. The highest BCUT2D eigenvalue weighted by Gasteiger charge is 2.24. The van der Waals surface area contributed by atoms with Crippen molar-refractivity contribution in [3.63, 3.8) is 0 Å². The SMILES string of the molecule is O=C(O)c1ccc(N[C@@H]2CCc3c(Br)cccc32)nn1. The summed E-state index contributed by atoms with van der Waals surface area (Å²) in [5.74, 6) is -0.480. The molecule has 102 valence electrons. The molecule has 6 heteroatoms. The minimum absolute atomic E-state index is 0.0508. The summed E-state index contributed by atoms with van der Waals surface area (Å²) in [7, 11) is 0. The number of rotatable bonds is 3. The lowest BCUT2D eigenvalue weighted by Gasteiger charge is -2.14. The van der Waals surface area contributed by atoms with E-state index in [0.29, 0.717) is 5.82 Å². The van der Waals surface area contributed by atoms with Crippen LogP contribution in [0.4, 0.5) is 5.82 Å². The van der Waals surface area contributed by atoms with Crippen LogP contribution in [0.25, 0.3) is 0 Å². The zero-order valence-corrected chi connectivity index (χ0v) is 12.1. The van der Waals surface area contributed by atoms with Gasteiger partial charge in [-0.2, -0.15) is 0 Å². The Labute approximate surface area is 124 Å². The monoisotopic (exact) mass is 333 g/mol. The van der Waals surface area contributed by atoms with Gasteiger partial charge in [0.05, 0.1) is 6.04 Å². The number of benzene rings is 1. The van der Waals surface area contributed by atoms with Crippen LogP contribution < -0.4 is 5.32 Å². The number of halogens is 1. The number of aromatic nitrogens is 2. The van der Waals surface area contributed by atoms with Crippen molar-refractivity contribution in [2.75, 3.05) is 5.32 Å². The number of hydrogen-bond donors (Lipinski definition) is 2. The molecule has 0 saturated heterocycles. The number of hydrogen-bond acceptors (Lipinski definition) is 4. The molecule has 2 N–H and O–H groups in total. The molecular weight excluding hydrogens is 322 g/mol. The lowest BCUT2D eigenvalue weighted by molar-refractivity contribution is 0.0689. The van der Waals surface area contributed by atoms with Crippen LogP contribution >= 0.6 is 15.9 Å². The van der Waals surface area contributed by atoms with Crippen LogP contribution in [0, 0.1) is 0 Å². The van der Waals surface area contributed by atoms with Gasteiger partial charge < -0.3 is 10.4 Å². The molecule has 0 fully saturated rings. The summed E-state index contributed by atoms with van der Waals surface area (Å²) in [6.07, 6.45) is 2.00. The molecule has 20 heavy (non-hydrogen) atoms. The maximum Gasteiger partial charge on any atom is 0.356 e. The molecule has 0 unspecified atom stereocenters. The van der Waals surface area contributed by atoms with Crippen LogP contribution in [0.5, 0.6) is 0 Å². The molecule has 0 amide bonds. The molecule has 0 radical (unpaired) electrons. The molecule has 1 aromatic heterocycles. The molecule has 1 atom stereocenters. The highest BCUT2D eigenvalue weighted by molar-refractivity contribution is 9.10. The number of aromatic carboxylic acids is 1. The summed E-state index contributed by atoms with van der Waals surface area (Å²) in [5.41, 5.74) is 2.52. The summed E-state index contributed by atoms with van der Waals surface area (Å²) < 4.78 is 1.13. The van der Waals surface area contributed by atoms with Crippen molar-refractivity contribution in [2.45, 2.75) is 18.9 Å². The molecule has 3 rings (SSSR count). The normalized spacial score (nSPS) is 16.8. The first-order valence-corrected chi connectivity index (χ1v) is 7.05. The summed E-state index contributed by atoms with van der Waals surface area (Å²) >= 11 is 3.56. The standard InChI is InChI=1S/C14H12BrN3O2/c15-10-3-1-2-9-8(10)4-5-11(9)16-13-7-6-12(14(19)20)17-18-13/h1-3,6-7,11H,4-5H2,(H,16,18)(H,19,20)/t11-/m1/s1. The Bertz CT molecular complexity index is 658. The molecular formula is C14H12BrN3O2. The van der Waals surface area contributed by atoms with Gasteiger partial charge in [0.15, 0.2) is 5.69 Å². The van der Waals surface area contributed by atoms with E-state index in [-0.39, 0.29) is 11.7 Å². The van der Waals surface area contributed by atoms with E-state index in [1.54, 1.807) is 6.07 Å². The molecule has 0 aliphatic heterocycles. The Hall–Kier alpha value is -1.95. The highest BCUT2D eigenvalue weighted by atomic mass is 79.9.